The molecular weight excluding hydrogens is 126 g/mol. The molecule has 0 spiro atoms. The van der Waals surface area contributed by atoms with Gasteiger partial charge in [-0.15, -0.1) is 0 Å². The first kappa shape index (κ1) is 8.02. The standard InChI is InChI=1S/C8H17NO/c1-2-3-6-10-7-9-8-4-5-8/h8-9H,2-7H2,1H3. The van der Waals surface area contributed by atoms with Crippen LogP contribution >= 0.6 is 0 Å². The van der Waals surface area contributed by atoms with Crippen molar-refractivity contribution in [2.45, 2.75) is 38.6 Å². The van der Waals surface area contributed by atoms with Gasteiger partial charge in [-0.3, -0.25) is 5.32 Å². The van der Waals surface area contributed by atoms with Crippen molar-refractivity contribution in [1.29, 1.82) is 0 Å². The zero-order valence-electron chi connectivity index (χ0n) is 6.73. The quantitative estimate of drug-likeness (QED) is 0.449. The van der Waals surface area contributed by atoms with Gasteiger partial charge in [-0.25, -0.2) is 0 Å². The van der Waals surface area contributed by atoms with E-state index in [0.29, 0.717) is 0 Å². The molecule has 0 atom stereocenters. The van der Waals surface area contributed by atoms with Crippen LogP contribution < -0.4 is 5.32 Å². The fourth-order valence-electron chi connectivity index (χ4n) is 0.783. The molecule has 1 aliphatic rings. The predicted octanol–water partition coefficient (Wildman–Crippen LogP) is 1.51. The van der Waals surface area contributed by atoms with E-state index in [0.717, 1.165) is 19.4 Å². The molecule has 0 radical (unpaired) electrons. The van der Waals surface area contributed by atoms with Gasteiger partial charge in [0.15, 0.2) is 0 Å². The van der Waals surface area contributed by atoms with Crippen LogP contribution in [0.1, 0.15) is 32.6 Å². The van der Waals surface area contributed by atoms with Crippen molar-refractivity contribution in [1.82, 2.24) is 5.32 Å². The first-order valence-corrected chi connectivity index (χ1v) is 4.24. The largest absolute Gasteiger partial charge is 0.366 e. The Labute approximate surface area is 63.0 Å². The van der Waals surface area contributed by atoms with Gasteiger partial charge >= 0.3 is 0 Å². The van der Waals surface area contributed by atoms with Crippen molar-refractivity contribution in [3.05, 3.63) is 0 Å². The third-order valence-corrected chi connectivity index (χ3v) is 1.69. The van der Waals surface area contributed by atoms with E-state index in [1.54, 1.807) is 0 Å². The average Bonchev–Trinajstić information content (AvgIpc) is 2.71. The van der Waals surface area contributed by atoms with Gasteiger partial charge in [0.1, 0.15) is 0 Å². The third-order valence-electron chi connectivity index (χ3n) is 1.69. The fraction of sp³-hybridized carbons (Fsp3) is 1.00. The van der Waals surface area contributed by atoms with Crippen LogP contribution in [0.3, 0.4) is 0 Å². The Bertz CT molecular complexity index is 81.3. The molecule has 0 aliphatic heterocycles. The van der Waals surface area contributed by atoms with Crippen LogP contribution in [-0.2, 0) is 4.74 Å². The highest BCUT2D eigenvalue weighted by Crippen LogP contribution is 2.17. The molecule has 1 saturated carbocycles. The highest BCUT2D eigenvalue weighted by molar-refractivity contribution is 4.79. The van der Waals surface area contributed by atoms with Crippen LogP contribution in [-0.4, -0.2) is 19.4 Å². The Hall–Kier alpha value is -0.0800. The number of ether oxygens (including phenoxy) is 1. The van der Waals surface area contributed by atoms with Crippen molar-refractivity contribution in [3.63, 3.8) is 0 Å². The number of hydrogen-bond acceptors (Lipinski definition) is 2. The van der Waals surface area contributed by atoms with Crippen molar-refractivity contribution in [3.8, 4) is 0 Å². The third kappa shape index (κ3) is 3.85. The molecule has 10 heavy (non-hydrogen) atoms. The van der Waals surface area contributed by atoms with Crippen molar-refractivity contribution >= 4 is 0 Å². The molecule has 0 bridgehead atoms. The minimum Gasteiger partial charge on any atom is -0.366 e. The van der Waals surface area contributed by atoms with Crippen LogP contribution in [0, 0.1) is 0 Å². The van der Waals surface area contributed by atoms with Gasteiger partial charge in [-0.2, -0.15) is 0 Å². The van der Waals surface area contributed by atoms with E-state index in [-0.39, 0.29) is 0 Å². The van der Waals surface area contributed by atoms with Crippen molar-refractivity contribution in [2.75, 3.05) is 13.3 Å². The van der Waals surface area contributed by atoms with Gasteiger partial charge in [0.25, 0.3) is 0 Å². The Kier molecular flexibility index (Phi) is 3.76. The summed E-state index contributed by atoms with van der Waals surface area (Å²) in [5.41, 5.74) is 0. The molecule has 60 valence electrons. The second-order valence-electron chi connectivity index (χ2n) is 2.88. The van der Waals surface area contributed by atoms with Crippen LogP contribution in [0.5, 0.6) is 0 Å². The van der Waals surface area contributed by atoms with E-state index in [9.17, 15) is 0 Å². The van der Waals surface area contributed by atoms with E-state index in [1.807, 2.05) is 0 Å². The Morgan fingerprint density at radius 1 is 1.50 bits per heavy atom. The lowest BCUT2D eigenvalue weighted by atomic mass is 10.4. The van der Waals surface area contributed by atoms with E-state index in [4.69, 9.17) is 4.74 Å². The van der Waals surface area contributed by atoms with E-state index in [1.165, 1.54) is 25.7 Å². The second-order valence-corrected chi connectivity index (χ2v) is 2.88. The zero-order valence-corrected chi connectivity index (χ0v) is 6.73. The minimum absolute atomic E-state index is 0.755. The summed E-state index contributed by atoms with van der Waals surface area (Å²) >= 11 is 0. The Balaban J connectivity index is 1.68. The smallest absolute Gasteiger partial charge is 0.0967 e. The van der Waals surface area contributed by atoms with Gasteiger partial charge in [-0.1, -0.05) is 13.3 Å². The average molecular weight is 143 g/mol. The van der Waals surface area contributed by atoms with Gasteiger partial charge in [-0.05, 0) is 19.3 Å². The van der Waals surface area contributed by atoms with Gasteiger partial charge in [0, 0.05) is 12.6 Å². The number of nitrogens with one attached hydrogen (secondary N) is 1. The first-order valence-electron chi connectivity index (χ1n) is 4.24. The van der Waals surface area contributed by atoms with Crippen LogP contribution in [0.2, 0.25) is 0 Å². The highest BCUT2D eigenvalue weighted by Gasteiger charge is 2.19. The lowest BCUT2D eigenvalue weighted by molar-refractivity contribution is 0.113. The highest BCUT2D eigenvalue weighted by atomic mass is 16.5. The summed E-state index contributed by atoms with van der Waals surface area (Å²) in [5.74, 6) is 0. The topological polar surface area (TPSA) is 21.3 Å². The molecule has 0 aromatic carbocycles. The molecule has 0 heterocycles. The summed E-state index contributed by atoms with van der Waals surface area (Å²) in [7, 11) is 0. The van der Waals surface area contributed by atoms with Gasteiger partial charge < -0.3 is 4.74 Å². The maximum atomic E-state index is 5.31. The molecule has 2 heteroatoms. The van der Waals surface area contributed by atoms with E-state index < -0.39 is 0 Å². The van der Waals surface area contributed by atoms with E-state index in [2.05, 4.69) is 12.2 Å². The molecule has 1 fully saturated rings. The summed E-state index contributed by atoms with van der Waals surface area (Å²) in [6, 6.07) is 0.779. The monoisotopic (exact) mass is 143 g/mol. The van der Waals surface area contributed by atoms with E-state index >= 15 is 0 Å². The summed E-state index contributed by atoms with van der Waals surface area (Å²) in [6.45, 7) is 3.85. The molecular formula is C8H17NO. The summed E-state index contributed by atoms with van der Waals surface area (Å²) in [5, 5.41) is 3.29. The maximum absolute atomic E-state index is 5.31. The van der Waals surface area contributed by atoms with Gasteiger partial charge in [0.2, 0.25) is 0 Å². The van der Waals surface area contributed by atoms with Crippen molar-refractivity contribution < 1.29 is 4.74 Å². The fourth-order valence-corrected chi connectivity index (χ4v) is 0.783. The number of hydrogen-bond donors (Lipinski definition) is 1. The minimum atomic E-state index is 0.755. The normalized spacial score (nSPS) is 17.7. The molecule has 0 amide bonds. The molecule has 1 aliphatic carbocycles. The summed E-state index contributed by atoms with van der Waals surface area (Å²) < 4.78 is 5.31. The molecule has 0 aromatic heterocycles. The molecule has 0 unspecified atom stereocenters. The molecule has 2 nitrogen and oxygen atoms in total. The second kappa shape index (κ2) is 4.69. The van der Waals surface area contributed by atoms with Crippen LogP contribution in [0.15, 0.2) is 0 Å². The zero-order chi connectivity index (χ0) is 7.23. The number of rotatable bonds is 6. The predicted molar refractivity (Wildman–Crippen MR) is 41.9 cm³/mol. The Morgan fingerprint density at radius 3 is 2.90 bits per heavy atom. The summed E-state index contributed by atoms with van der Waals surface area (Å²) in [4.78, 5) is 0. The molecule has 0 saturated heterocycles. The van der Waals surface area contributed by atoms with Crippen LogP contribution in [0.4, 0.5) is 0 Å². The van der Waals surface area contributed by atoms with Gasteiger partial charge in [0.05, 0.1) is 6.73 Å². The SMILES string of the molecule is CCCCOCNC1CC1. The molecule has 0 aromatic rings. The Morgan fingerprint density at radius 2 is 2.30 bits per heavy atom. The summed E-state index contributed by atoms with van der Waals surface area (Å²) in [6.07, 6.45) is 5.10. The lowest BCUT2D eigenvalue weighted by Gasteiger charge is -2.02. The molecule has 1 rings (SSSR count). The lowest BCUT2D eigenvalue weighted by Crippen LogP contribution is -2.20. The van der Waals surface area contributed by atoms with Crippen molar-refractivity contribution in [2.24, 2.45) is 0 Å². The first-order chi connectivity index (χ1) is 4.93. The molecule has 1 N–H and O–H groups in total. The van der Waals surface area contributed by atoms with Crippen LogP contribution in [0.25, 0.3) is 0 Å². The number of unbranched alkanes of at least 4 members (excludes halogenated alkanes) is 1. The maximum Gasteiger partial charge on any atom is 0.0967 e.